The maximum absolute atomic E-state index is 12.5. The van der Waals surface area contributed by atoms with Gasteiger partial charge in [-0.15, -0.1) is 0 Å². The molecule has 0 aromatic heterocycles. The van der Waals surface area contributed by atoms with E-state index in [2.05, 4.69) is 12.2 Å². The Morgan fingerprint density at radius 1 is 1.24 bits per heavy atom. The molecule has 2 aliphatic rings. The van der Waals surface area contributed by atoms with Crippen LogP contribution in [-0.4, -0.2) is 32.4 Å². The predicted molar refractivity (Wildman–Crippen MR) is 83.4 cm³/mol. The molecule has 0 bridgehead atoms. The molecule has 2 aliphatic carbocycles. The highest BCUT2D eigenvalue weighted by atomic mass is 32.2. The normalized spacial score (nSPS) is 25.3. The summed E-state index contributed by atoms with van der Waals surface area (Å²) in [4.78, 5) is 0.397. The van der Waals surface area contributed by atoms with Gasteiger partial charge in [0.25, 0.3) is 0 Å². The minimum atomic E-state index is -3.34. The number of rotatable bonds is 7. The molecule has 116 valence electrons. The summed E-state index contributed by atoms with van der Waals surface area (Å²) in [5, 5.41) is 3.43. The van der Waals surface area contributed by atoms with Crippen LogP contribution in [0, 0.1) is 11.8 Å². The van der Waals surface area contributed by atoms with E-state index < -0.39 is 10.0 Å². The van der Waals surface area contributed by atoms with Gasteiger partial charge in [-0.1, -0.05) is 19.1 Å². The number of nitrogens with one attached hydrogen (secondary N) is 1. The van der Waals surface area contributed by atoms with Crippen molar-refractivity contribution in [3.8, 4) is 0 Å². The minimum absolute atomic E-state index is 0.397. The summed E-state index contributed by atoms with van der Waals surface area (Å²) in [6.07, 6.45) is 3.67. The summed E-state index contributed by atoms with van der Waals surface area (Å²) in [6, 6.07) is 7.95. The van der Waals surface area contributed by atoms with Gasteiger partial charge in [0.2, 0.25) is 10.0 Å². The van der Waals surface area contributed by atoms with Crippen LogP contribution in [0.4, 0.5) is 0 Å². The van der Waals surface area contributed by atoms with Crippen LogP contribution >= 0.6 is 0 Å². The Morgan fingerprint density at radius 3 is 2.38 bits per heavy atom. The summed E-state index contributed by atoms with van der Waals surface area (Å²) >= 11 is 0. The topological polar surface area (TPSA) is 49.4 Å². The smallest absolute Gasteiger partial charge is 0.242 e. The van der Waals surface area contributed by atoms with Crippen LogP contribution in [0.25, 0.3) is 0 Å². The lowest BCUT2D eigenvalue weighted by Crippen LogP contribution is -2.29. The quantitative estimate of drug-likeness (QED) is 0.840. The number of hydrogen-bond donors (Lipinski definition) is 1. The highest BCUT2D eigenvalue weighted by Gasteiger charge is 2.36. The van der Waals surface area contributed by atoms with Crippen molar-refractivity contribution in [2.75, 3.05) is 13.6 Å². The van der Waals surface area contributed by atoms with Crippen molar-refractivity contribution < 1.29 is 8.42 Å². The lowest BCUT2D eigenvalue weighted by Gasteiger charge is -2.17. The maximum Gasteiger partial charge on any atom is 0.242 e. The SMILES string of the molecule is CC1CC1CN(C)S(=O)(=O)c1ccc(CNC2CC2)cc1. The highest BCUT2D eigenvalue weighted by Crippen LogP contribution is 2.38. The van der Waals surface area contributed by atoms with Crippen molar-refractivity contribution in [3.63, 3.8) is 0 Å². The molecule has 2 saturated carbocycles. The lowest BCUT2D eigenvalue weighted by molar-refractivity contribution is 0.444. The first kappa shape index (κ1) is 15.0. The lowest BCUT2D eigenvalue weighted by atomic mass is 10.2. The molecule has 0 spiro atoms. The molecule has 0 aliphatic heterocycles. The second-order valence-corrected chi connectivity index (χ2v) is 8.60. The monoisotopic (exact) mass is 308 g/mol. The average Bonchev–Trinajstić information content (AvgIpc) is 3.37. The first-order chi connectivity index (χ1) is 9.96. The Bertz CT molecular complexity index is 593. The largest absolute Gasteiger partial charge is 0.310 e. The predicted octanol–water partition coefficient (Wildman–Crippen LogP) is 2.22. The molecule has 0 radical (unpaired) electrons. The van der Waals surface area contributed by atoms with Crippen LogP contribution < -0.4 is 5.32 Å². The molecule has 1 N–H and O–H groups in total. The maximum atomic E-state index is 12.5. The molecule has 3 rings (SSSR count). The third kappa shape index (κ3) is 3.65. The fourth-order valence-corrected chi connectivity index (χ4v) is 3.82. The standard InChI is InChI=1S/C16H24N2O2S/c1-12-9-14(12)11-18(2)21(19,20)16-7-3-13(4-8-16)10-17-15-5-6-15/h3-4,7-8,12,14-15,17H,5-6,9-11H2,1-2H3. The molecule has 2 atom stereocenters. The van der Waals surface area contributed by atoms with Crippen LogP contribution in [0.3, 0.4) is 0 Å². The van der Waals surface area contributed by atoms with E-state index in [1.165, 1.54) is 17.1 Å². The molecule has 4 nitrogen and oxygen atoms in total. The molecular formula is C16H24N2O2S. The van der Waals surface area contributed by atoms with E-state index in [1.54, 1.807) is 19.2 Å². The van der Waals surface area contributed by atoms with Gasteiger partial charge in [0.05, 0.1) is 4.90 Å². The molecule has 0 heterocycles. The summed E-state index contributed by atoms with van der Waals surface area (Å²) in [5.74, 6) is 1.20. The molecule has 0 saturated heterocycles. The fourth-order valence-electron chi connectivity index (χ4n) is 2.59. The van der Waals surface area contributed by atoms with E-state index >= 15 is 0 Å². The molecule has 0 amide bonds. The summed E-state index contributed by atoms with van der Waals surface area (Å²) < 4.78 is 26.5. The van der Waals surface area contributed by atoms with E-state index in [0.717, 1.165) is 18.5 Å². The fraction of sp³-hybridized carbons (Fsp3) is 0.625. The number of benzene rings is 1. The van der Waals surface area contributed by atoms with Gasteiger partial charge in [-0.3, -0.25) is 0 Å². The van der Waals surface area contributed by atoms with E-state index in [4.69, 9.17) is 0 Å². The van der Waals surface area contributed by atoms with Crippen molar-refractivity contribution in [3.05, 3.63) is 29.8 Å². The van der Waals surface area contributed by atoms with Crippen LogP contribution in [0.5, 0.6) is 0 Å². The van der Waals surface area contributed by atoms with Gasteiger partial charge in [-0.2, -0.15) is 0 Å². The van der Waals surface area contributed by atoms with Gasteiger partial charge >= 0.3 is 0 Å². The second-order valence-electron chi connectivity index (χ2n) is 6.56. The first-order valence-corrected chi connectivity index (χ1v) is 9.19. The zero-order valence-corrected chi connectivity index (χ0v) is 13.6. The van der Waals surface area contributed by atoms with Crippen LogP contribution in [0.2, 0.25) is 0 Å². The molecule has 2 unspecified atom stereocenters. The van der Waals surface area contributed by atoms with Gasteiger partial charge in [0.15, 0.2) is 0 Å². The van der Waals surface area contributed by atoms with Gasteiger partial charge in [0.1, 0.15) is 0 Å². The van der Waals surface area contributed by atoms with Crippen molar-refractivity contribution in [1.29, 1.82) is 0 Å². The van der Waals surface area contributed by atoms with Crippen LogP contribution in [0.15, 0.2) is 29.2 Å². The zero-order chi connectivity index (χ0) is 15.0. The molecule has 1 aromatic carbocycles. The summed E-state index contributed by atoms with van der Waals surface area (Å²) in [5.41, 5.74) is 1.14. The second kappa shape index (κ2) is 5.71. The van der Waals surface area contributed by atoms with Crippen LogP contribution in [0.1, 0.15) is 31.7 Å². The van der Waals surface area contributed by atoms with Crippen molar-refractivity contribution in [2.45, 2.75) is 43.7 Å². The third-order valence-electron chi connectivity index (χ3n) is 4.57. The third-order valence-corrected chi connectivity index (χ3v) is 6.41. The van der Waals surface area contributed by atoms with E-state index in [9.17, 15) is 8.42 Å². The first-order valence-electron chi connectivity index (χ1n) is 7.75. The van der Waals surface area contributed by atoms with E-state index in [1.807, 2.05) is 12.1 Å². The van der Waals surface area contributed by atoms with E-state index in [0.29, 0.717) is 29.3 Å². The Balaban J connectivity index is 1.63. The Labute approximate surface area is 127 Å². The number of hydrogen-bond acceptors (Lipinski definition) is 3. The van der Waals surface area contributed by atoms with Gasteiger partial charge < -0.3 is 5.32 Å². The van der Waals surface area contributed by atoms with E-state index in [-0.39, 0.29) is 0 Å². The average molecular weight is 308 g/mol. The number of nitrogens with zero attached hydrogens (tertiary/aromatic N) is 1. The molecule has 5 heteroatoms. The number of sulfonamides is 1. The summed E-state index contributed by atoms with van der Waals surface area (Å²) in [7, 11) is -1.66. The minimum Gasteiger partial charge on any atom is -0.310 e. The zero-order valence-electron chi connectivity index (χ0n) is 12.7. The van der Waals surface area contributed by atoms with Crippen molar-refractivity contribution in [2.24, 2.45) is 11.8 Å². The van der Waals surface area contributed by atoms with Crippen molar-refractivity contribution in [1.82, 2.24) is 9.62 Å². The van der Waals surface area contributed by atoms with Gasteiger partial charge in [0, 0.05) is 26.2 Å². The summed E-state index contributed by atoms with van der Waals surface area (Å²) in [6.45, 7) is 3.63. The molecular weight excluding hydrogens is 284 g/mol. The Hall–Kier alpha value is -0.910. The van der Waals surface area contributed by atoms with Gasteiger partial charge in [-0.25, -0.2) is 12.7 Å². The van der Waals surface area contributed by atoms with Crippen LogP contribution in [-0.2, 0) is 16.6 Å². The van der Waals surface area contributed by atoms with Gasteiger partial charge in [-0.05, 0) is 48.8 Å². The molecule has 21 heavy (non-hydrogen) atoms. The Kier molecular flexibility index (Phi) is 4.08. The Morgan fingerprint density at radius 2 is 1.86 bits per heavy atom. The molecule has 2 fully saturated rings. The molecule has 1 aromatic rings. The highest BCUT2D eigenvalue weighted by molar-refractivity contribution is 7.89. The van der Waals surface area contributed by atoms with Crippen molar-refractivity contribution >= 4 is 10.0 Å².